The third kappa shape index (κ3) is 7.40. The van der Waals surface area contributed by atoms with E-state index in [0.717, 1.165) is 0 Å². The van der Waals surface area contributed by atoms with Crippen molar-refractivity contribution in [1.82, 2.24) is 5.32 Å². The van der Waals surface area contributed by atoms with Gasteiger partial charge in [-0.1, -0.05) is 62.4 Å². The van der Waals surface area contributed by atoms with Crippen LogP contribution in [0.25, 0.3) is 0 Å². The minimum atomic E-state index is -2.31. The number of ether oxygens (including phenoxy) is 4. The van der Waals surface area contributed by atoms with Crippen molar-refractivity contribution in [3.63, 3.8) is 0 Å². The number of nitrogens with one attached hydrogen (secondary N) is 1. The van der Waals surface area contributed by atoms with Crippen LogP contribution in [-0.4, -0.2) is 109 Å². The normalized spacial score (nSPS) is 34.4. The summed E-state index contributed by atoms with van der Waals surface area (Å²) in [6, 6.07) is 14.7. The van der Waals surface area contributed by atoms with Gasteiger partial charge < -0.3 is 49.8 Å². The summed E-state index contributed by atoms with van der Waals surface area (Å²) in [6.07, 6.45) is -11.3. The molecule has 3 aliphatic carbocycles. The monoisotopic (exact) mass is 992 g/mol. The van der Waals surface area contributed by atoms with Gasteiger partial charge in [0, 0.05) is 68.2 Å². The Morgan fingerprint density at radius 2 is 1.54 bits per heavy atom. The Balaban J connectivity index is 0.00000600. The van der Waals surface area contributed by atoms with E-state index in [-0.39, 0.29) is 73.8 Å². The van der Waals surface area contributed by atoms with Gasteiger partial charge in [0.2, 0.25) is 0 Å². The summed E-state index contributed by atoms with van der Waals surface area (Å²) in [4.78, 5) is 55.5. The molecule has 2 saturated carbocycles. The number of Topliss-reactive ketones (excluding diaryl/α,β-unsaturated/α-hetero) is 1. The predicted octanol–water partition coefficient (Wildman–Crippen LogP) is 2.69. The van der Waals surface area contributed by atoms with E-state index in [4.69, 9.17) is 18.9 Å². The minimum absolute atomic E-state index is 0. The van der Waals surface area contributed by atoms with Crippen LogP contribution in [0.15, 0.2) is 71.8 Å². The van der Waals surface area contributed by atoms with E-state index in [2.05, 4.69) is 5.32 Å². The summed E-state index contributed by atoms with van der Waals surface area (Å²) >= 11 is 0. The fraction of sp³-hybridized carbons (Fsp3) is 0.561. The minimum Gasteiger partial charge on any atom is -0.456 e. The molecular formula is C41H51AcNO13. The number of rotatable bonds is 7. The van der Waals surface area contributed by atoms with Gasteiger partial charge in [0.15, 0.2) is 11.9 Å². The molecule has 1 saturated heterocycles. The van der Waals surface area contributed by atoms with E-state index in [1.165, 1.54) is 26.0 Å². The van der Waals surface area contributed by atoms with Crippen molar-refractivity contribution in [3.05, 3.63) is 82.9 Å². The van der Waals surface area contributed by atoms with E-state index in [1.807, 2.05) is 0 Å². The summed E-state index contributed by atoms with van der Waals surface area (Å²) in [5, 5.41) is 63.2. The van der Waals surface area contributed by atoms with Crippen LogP contribution < -0.4 is 5.32 Å². The van der Waals surface area contributed by atoms with Gasteiger partial charge in [-0.3, -0.25) is 4.79 Å². The molecule has 1 radical (unpaired) electrons. The Labute approximate surface area is 361 Å². The number of hydrogen-bond donors (Lipinski definition) is 6. The van der Waals surface area contributed by atoms with E-state index in [9.17, 15) is 44.7 Å². The average molecular weight is 993 g/mol. The maximum atomic E-state index is 14.7. The number of fused-ring (bicyclic) bond motifs is 5. The SMILES string of the molecule is CC1=C2[C@@H](O)C(=O)[C@@]3(C)[C@H]([C@H](OC(=O)c4ccccc4)[C@](O)(CC1OC(=O)[C@H](O)[C@@H](NC(=O)OC(C)(C)C)c1ccccc1)C2(C)C)[C@]1(O)CO[C@@H]1C[C@@H]3O.[Ac]. The molecule has 6 N–H and O–H groups in total. The third-order valence-corrected chi connectivity index (χ3v) is 12.3. The van der Waals surface area contributed by atoms with E-state index in [0.29, 0.717) is 5.56 Å². The molecule has 3 fully saturated rings. The first-order chi connectivity index (χ1) is 25.6. The third-order valence-electron chi connectivity index (χ3n) is 12.3. The molecule has 15 heteroatoms. The molecule has 6 rings (SSSR count). The van der Waals surface area contributed by atoms with E-state index >= 15 is 0 Å². The first-order valence-corrected chi connectivity index (χ1v) is 18.4. The van der Waals surface area contributed by atoms with Crippen molar-refractivity contribution in [1.29, 1.82) is 0 Å². The number of aliphatic hydroxyl groups excluding tert-OH is 3. The van der Waals surface area contributed by atoms with Crippen LogP contribution in [0.2, 0.25) is 0 Å². The number of carbonyl (C=O) groups is 4. The van der Waals surface area contributed by atoms with Crippen LogP contribution >= 0.6 is 0 Å². The van der Waals surface area contributed by atoms with Gasteiger partial charge in [0.1, 0.15) is 35.1 Å². The molecule has 1 heterocycles. The van der Waals surface area contributed by atoms with E-state index in [1.54, 1.807) is 83.1 Å². The Kier molecular flexibility index (Phi) is 12.5. The van der Waals surface area contributed by atoms with Gasteiger partial charge in [-0.05, 0) is 63.5 Å². The quantitative estimate of drug-likeness (QED) is 0.134. The predicted molar refractivity (Wildman–Crippen MR) is 194 cm³/mol. The number of carbonyl (C=O) groups excluding carboxylic acids is 4. The maximum absolute atomic E-state index is 14.7. The number of alkyl carbamates (subject to hydrolysis) is 1. The molecule has 1 unspecified atom stereocenters. The fourth-order valence-corrected chi connectivity index (χ4v) is 9.16. The van der Waals surface area contributed by atoms with Crippen LogP contribution in [0.1, 0.15) is 83.3 Å². The Hall–Kier alpha value is -2.74. The smallest absolute Gasteiger partial charge is 0.408 e. The molecule has 0 spiro atoms. The summed E-state index contributed by atoms with van der Waals surface area (Å²) in [5.41, 5.74) is -8.10. The second-order valence-corrected chi connectivity index (χ2v) is 17.0. The van der Waals surface area contributed by atoms with Crippen LogP contribution in [0.5, 0.6) is 0 Å². The van der Waals surface area contributed by atoms with Gasteiger partial charge >= 0.3 is 18.0 Å². The number of aliphatic hydroxyl groups is 5. The average Bonchev–Trinajstić information content (AvgIpc) is 3.12. The molecule has 56 heavy (non-hydrogen) atoms. The molecule has 0 aromatic heterocycles. The zero-order valence-corrected chi connectivity index (χ0v) is 37.3. The molecule has 1 aliphatic heterocycles. The molecule has 1 amide bonds. The van der Waals surface area contributed by atoms with Crippen LogP contribution in [-0.2, 0) is 28.5 Å². The second-order valence-electron chi connectivity index (χ2n) is 17.0. The fourth-order valence-electron chi connectivity index (χ4n) is 9.16. The van der Waals surface area contributed by atoms with Crippen LogP contribution in [0, 0.1) is 60.8 Å². The largest absolute Gasteiger partial charge is 0.456 e. The van der Waals surface area contributed by atoms with Gasteiger partial charge in [0.05, 0.1) is 35.8 Å². The van der Waals surface area contributed by atoms with Crippen LogP contribution in [0.4, 0.5) is 4.79 Å². The molecule has 11 atom stereocenters. The topological polar surface area (TPSA) is 218 Å². The zero-order valence-electron chi connectivity index (χ0n) is 32.6. The van der Waals surface area contributed by atoms with Crippen LogP contribution in [0.3, 0.4) is 0 Å². The Bertz CT molecular complexity index is 1860. The summed E-state index contributed by atoms with van der Waals surface area (Å²) in [7, 11) is 0. The second kappa shape index (κ2) is 15.8. The van der Waals surface area contributed by atoms with Gasteiger partial charge in [0.25, 0.3) is 0 Å². The molecule has 4 aliphatic rings. The van der Waals surface area contributed by atoms with Gasteiger partial charge in [-0.25, -0.2) is 14.4 Å². The number of esters is 2. The number of ketones is 1. The van der Waals surface area contributed by atoms with Gasteiger partial charge in [-0.2, -0.15) is 0 Å². The van der Waals surface area contributed by atoms with Gasteiger partial charge in [-0.15, -0.1) is 0 Å². The van der Waals surface area contributed by atoms with Crippen molar-refractivity contribution < 1.29 is 108 Å². The molecule has 301 valence electrons. The summed E-state index contributed by atoms with van der Waals surface area (Å²) in [6.45, 7) is 10.6. The number of benzene rings is 2. The number of amides is 1. The molecule has 2 bridgehead atoms. The van der Waals surface area contributed by atoms with Crippen molar-refractivity contribution >= 4 is 23.8 Å². The van der Waals surface area contributed by atoms with Crippen molar-refractivity contribution in [2.75, 3.05) is 6.61 Å². The molecule has 14 nitrogen and oxygen atoms in total. The van der Waals surface area contributed by atoms with Crippen molar-refractivity contribution in [2.24, 2.45) is 16.7 Å². The Morgan fingerprint density at radius 3 is 2.09 bits per heavy atom. The molecule has 2 aromatic rings. The standard InChI is InChI=1S/C41H51NO13.Ac/c1-21-24(53-35(48)30(45)28(22-14-10-8-11-15-22)42-36(49)55-37(2,3)4)19-41(51)33(54-34(47)23-16-12-9-13-17-23)31-39(7,25(43)18-26-40(31,50)20-52-26)32(46)29(44)27(21)38(41,5)6;/h8-17,24-26,28-31,33,43-45,50-51H,18-20H2,1-7H3,(H,42,49);/t24?,25-,26+,28-,29+,30+,31-,33-,39+,40-,41+;/m0./s1. The summed E-state index contributed by atoms with van der Waals surface area (Å²) < 4.78 is 23.2. The summed E-state index contributed by atoms with van der Waals surface area (Å²) in [5.74, 6) is -4.55. The Morgan fingerprint density at radius 1 is 0.946 bits per heavy atom. The molecule has 2 aromatic carbocycles. The first kappa shape index (κ1) is 44.4. The molecular weight excluding hydrogens is 941 g/mol. The maximum Gasteiger partial charge on any atom is 0.408 e. The van der Waals surface area contributed by atoms with Crippen molar-refractivity contribution in [3.8, 4) is 0 Å². The van der Waals surface area contributed by atoms with Crippen molar-refractivity contribution in [2.45, 2.75) is 121 Å². The van der Waals surface area contributed by atoms with E-state index < -0.39 is 106 Å². The number of hydrogen-bond acceptors (Lipinski definition) is 13. The zero-order chi connectivity index (χ0) is 40.5. The first-order valence-electron chi connectivity index (χ1n) is 18.4.